The van der Waals surface area contributed by atoms with Crippen LogP contribution in [0.1, 0.15) is 27.8 Å². The first-order valence-electron chi connectivity index (χ1n) is 4.38. The smallest absolute Gasteiger partial charge is 0.353 e. The van der Waals surface area contributed by atoms with Crippen molar-refractivity contribution in [3.05, 3.63) is 38.2 Å². The maximum absolute atomic E-state index is 11.6. The summed E-state index contributed by atoms with van der Waals surface area (Å²) in [7, 11) is 0. The maximum Gasteiger partial charge on any atom is 0.353 e. The molecule has 8 nitrogen and oxygen atoms in total. The topological polar surface area (TPSA) is 129 Å². The number of nitrogens with zero attached hydrogens (tertiary/aromatic N) is 1. The first kappa shape index (κ1) is 12.4. The summed E-state index contributed by atoms with van der Waals surface area (Å²) in [5, 5.41) is 17.4. The summed E-state index contributed by atoms with van der Waals surface area (Å²) in [6.45, 7) is 1.51. The fourth-order valence-electron chi connectivity index (χ4n) is 1.19. The van der Waals surface area contributed by atoms with Crippen LogP contribution in [0.5, 0.6) is 0 Å². The molecule has 1 aromatic rings. The van der Waals surface area contributed by atoms with Crippen molar-refractivity contribution in [1.82, 2.24) is 9.55 Å². The van der Waals surface area contributed by atoms with Gasteiger partial charge in [-0.1, -0.05) is 6.08 Å². The highest BCUT2D eigenvalue weighted by Gasteiger charge is 2.23. The lowest BCUT2D eigenvalue weighted by Gasteiger charge is -2.03. The molecule has 0 saturated heterocycles. The second-order valence-corrected chi connectivity index (χ2v) is 2.95. The van der Waals surface area contributed by atoms with Crippen LogP contribution in [0.25, 0.3) is 6.20 Å². The zero-order valence-electron chi connectivity index (χ0n) is 8.63. The van der Waals surface area contributed by atoms with E-state index in [0.717, 1.165) is 6.20 Å². The van der Waals surface area contributed by atoms with Gasteiger partial charge in [-0.2, -0.15) is 0 Å². The Morgan fingerprint density at radius 1 is 1.24 bits per heavy atom. The van der Waals surface area contributed by atoms with E-state index >= 15 is 0 Å². The summed E-state index contributed by atoms with van der Waals surface area (Å²) in [5.41, 5.74) is -4.14. The number of aromatic carboxylic acids is 2. The average molecular weight is 240 g/mol. The first-order valence-corrected chi connectivity index (χ1v) is 4.38. The molecule has 0 radical (unpaired) electrons. The molecule has 0 spiro atoms. The fourth-order valence-corrected chi connectivity index (χ4v) is 1.19. The molecule has 0 fully saturated rings. The molecule has 0 aliphatic rings. The van der Waals surface area contributed by atoms with Gasteiger partial charge in [-0.05, 0) is 6.92 Å². The van der Waals surface area contributed by atoms with E-state index in [9.17, 15) is 19.2 Å². The molecule has 0 aliphatic carbocycles. The first-order chi connectivity index (χ1) is 7.90. The molecule has 1 aromatic heterocycles. The monoisotopic (exact) mass is 240 g/mol. The van der Waals surface area contributed by atoms with Crippen LogP contribution in [-0.2, 0) is 0 Å². The van der Waals surface area contributed by atoms with Crippen LogP contribution in [-0.4, -0.2) is 31.7 Å². The molecule has 0 saturated carbocycles. The van der Waals surface area contributed by atoms with E-state index in [0.29, 0.717) is 4.57 Å². The largest absolute Gasteiger partial charge is 0.477 e. The standard InChI is InChI=1S/C9H8N2O6/c1-2-3-11-6(12)4(7(13)14)5(8(15)16)10-9(11)17/h2-3H,1H3,(H,10,17)(H,13,14)(H,15,16)/b3-2+. The third-order valence-corrected chi connectivity index (χ3v) is 1.86. The van der Waals surface area contributed by atoms with Gasteiger partial charge in [-0.25, -0.2) is 19.0 Å². The van der Waals surface area contributed by atoms with Crippen LogP contribution in [0, 0.1) is 0 Å². The van der Waals surface area contributed by atoms with Gasteiger partial charge in [0.25, 0.3) is 5.56 Å². The molecule has 0 atom stereocenters. The number of aromatic amines is 1. The average Bonchev–Trinajstić information content (AvgIpc) is 2.22. The number of H-pyrrole nitrogens is 1. The van der Waals surface area contributed by atoms with Gasteiger partial charge in [-0.3, -0.25) is 9.78 Å². The minimum Gasteiger partial charge on any atom is -0.477 e. The van der Waals surface area contributed by atoms with Crippen molar-refractivity contribution in [1.29, 1.82) is 0 Å². The van der Waals surface area contributed by atoms with E-state index in [2.05, 4.69) is 0 Å². The molecule has 1 rings (SSSR count). The summed E-state index contributed by atoms with van der Waals surface area (Å²) in [6, 6.07) is 0. The number of nitrogens with one attached hydrogen (secondary N) is 1. The van der Waals surface area contributed by atoms with Crippen molar-refractivity contribution < 1.29 is 19.8 Å². The van der Waals surface area contributed by atoms with Crippen molar-refractivity contribution in [3.63, 3.8) is 0 Å². The number of aromatic nitrogens is 2. The van der Waals surface area contributed by atoms with Crippen LogP contribution >= 0.6 is 0 Å². The van der Waals surface area contributed by atoms with Gasteiger partial charge in [0.1, 0.15) is 5.69 Å². The van der Waals surface area contributed by atoms with Crippen molar-refractivity contribution in [2.75, 3.05) is 0 Å². The highest BCUT2D eigenvalue weighted by molar-refractivity contribution is 5.99. The van der Waals surface area contributed by atoms with Gasteiger partial charge < -0.3 is 10.2 Å². The zero-order chi connectivity index (χ0) is 13.2. The Kier molecular flexibility index (Phi) is 3.27. The minimum absolute atomic E-state index is 0.482. The van der Waals surface area contributed by atoms with E-state index in [1.807, 2.05) is 4.98 Å². The second kappa shape index (κ2) is 4.47. The van der Waals surface area contributed by atoms with Crippen LogP contribution in [0.15, 0.2) is 15.7 Å². The molecule has 8 heteroatoms. The number of hydrogen-bond donors (Lipinski definition) is 3. The van der Waals surface area contributed by atoms with Gasteiger partial charge in [0.2, 0.25) is 0 Å². The lowest BCUT2D eigenvalue weighted by Crippen LogP contribution is -2.38. The Balaban J connectivity index is 3.83. The predicted octanol–water partition coefficient (Wildman–Crippen LogP) is -0.576. The summed E-state index contributed by atoms with van der Waals surface area (Å²) in [6.07, 6.45) is 2.38. The predicted molar refractivity (Wildman–Crippen MR) is 56.2 cm³/mol. The van der Waals surface area contributed by atoms with Gasteiger partial charge in [-0.15, -0.1) is 0 Å². The minimum atomic E-state index is -1.72. The molecule has 3 N–H and O–H groups in total. The zero-order valence-corrected chi connectivity index (χ0v) is 8.63. The number of carboxylic acids is 2. The highest BCUT2D eigenvalue weighted by atomic mass is 16.4. The Morgan fingerprint density at radius 3 is 2.24 bits per heavy atom. The number of rotatable bonds is 3. The quantitative estimate of drug-likeness (QED) is 0.648. The van der Waals surface area contributed by atoms with E-state index in [1.54, 1.807) is 0 Å². The Labute approximate surface area is 93.5 Å². The number of carbonyl (C=O) groups is 2. The lowest BCUT2D eigenvalue weighted by molar-refractivity contribution is 0.0643. The fraction of sp³-hybridized carbons (Fsp3) is 0.111. The Morgan fingerprint density at radius 2 is 1.82 bits per heavy atom. The summed E-state index contributed by atoms with van der Waals surface area (Å²) >= 11 is 0. The normalized spacial score (nSPS) is 10.6. The third-order valence-electron chi connectivity index (χ3n) is 1.86. The van der Waals surface area contributed by atoms with Gasteiger partial charge in [0.15, 0.2) is 5.56 Å². The van der Waals surface area contributed by atoms with Crippen molar-refractivity contribution in [3.8, 4) is 0 Å². The van der Waals surface area contributed by atoms with Gasteiger partial charge in [0.05, 0.1) is 0 Å². The molecule has 0 amide bonds. The molecule has 90 valence electrons. The van der Waals surface area contributed by atoms with Gasteiger partial charge >= 0.3 is 17.6 Å². The van der Waals surface area contributed by atoms with Gasteiger partial charge in [0, 0.05) is 6.20 Å². The van der Waals surface area contributed by atoms with Crippen molar-refractivity contribution in [2.24, 2.45) is 0 Å². The molecular weight excluding hydrogens is 232 g/mol. The molecule has 0 aromatic carbocycles. The van der Waals surface area contributed by atoms with Crippen molar-refractivity contribution in [2.45, 2.75) is 6.92 Å². The van der Waals surface area contributed by atoms with E-state index in [4.69, 9.17) is 10.2 Å². The molecule has 0 aliphatic heterocycles. The van der Waals surface area contributed by atoms with Crippen LogP contribution in [0.3, 0.4) is 0 Å². The lowest BCUT2D eigenvalue weighted by atomic mass is 10.2. The molecule has 0 unspecified atom stereocenters. The van der Waals surface area contributed by atoms with Crippen LogP contribution in [0.2, 0.25) is 0 Å². The SMILES string of the molecule is C/C=C/n1c(=O)[nH]c(C(=O)O)c(C(=O)O)c1=O. The third kappa shape index (κ3) is 2.14. The second-order valence-electron chi connectivity index (χ2n) is 2.95. The number of hydrogen-bond acceptors (Lipinski definition) is 4. The number of carboxylic acid groups (broad SMARTS) is 2. The van der Waals surface area contributed by atoms with E-state index < -0.39 is 34.4 Å². The molecule has 1 heterocycles. The Hall–Kier alpha value is -2.64. The number of allylic oxidation sites excluding steroid dienone is 1. The van der Waals surface area contributed by atoms with E-state index in [1.165, 1.54) is 13.0 Å². The summed E-state index contributed by atoms with van der Waals surface area (Å²) in [5.74, 6) is -3.41. The molecule has 17 heavy (non-hydrogen) atoms. The van der Waals surface area contributed by atoms with E-state index in [-0.39, 0.29) is 0 Å². The molecular formula is C9H8N2O6. The maximum atomic E-state index is 11.6. The molecule has 0 bridgehead atoms. The van der Waals surface area contributed by atoms with Crippen LogP contribution < -0.4 is 11.2 Å². The van der Waals surface area contributed by atoms with Crippen molar-refractivity contribution >= 4 is 18.1 Å². The Bertz CT molecular complexity index is 621. The summed E-state index contributed by atoms with van der Waals surface area (Å²) in [4.78, 5) is 46.2. The highest BCUT2D eigenvalue weighted by Crippen LogP contribution is 1.98. The summed E-state index contributed by atoms with van der Waals surface area (Å²) < 4.78 is 0.482. The van der Waals surface area contributed by atoms with Crippen LogP contribution in [0.4, 0.5) is 0 Å².